The predicted molar refractivity (Wildman–Crippen MR) is 54.4 cm³/mol. The minimum Gasteiger partial charge on any atom is -0.481 e. The molecule has 0 spiro atoms. The van der Waals surface area contributed by atoms with Gasteiger partial charge in [-0.3, -0.25) is 4.79 Å². The number of carbonyl (C=O) groups is 1. The summed E-state index contributed by atoms with van der Waals surface area (Å²) in [6.45, 7) is 2.90. The normalized spacial score (nSPS) is 9.60. The van der Waals surface area contributed by atoms with Crippen molar-refractivity contribution in [3.05, 3.63) is 41.5 Å². The minimum atomic E-state index is -0.833. The average Bonchev–Trinajstić information content (AvgIpc) is 2.11. The molecule has 0 amide bonds. The van der Waals surface area contributed by atoms with Gasteiger partial charge in [0.15, 0.2) is 11.6 Å². The molecule has 0 bridgehead atoms. The summed E-state index contributed by atoms with van der Waals surface area (Å²) in [6.07, 6.45) is 3.48. The maximum absolute atomic E-state index is 12.5. The Labute approximate surface area is 86.9 Å². The van der Waals surface area contributed by atoms with Crippen molar-refractivity contribution in [3.63, 3.8) is 0 Å². The first-order chi connectivity index (χ1) is 6.97. The number of hydrogen-bond donors (Lipinski definition) is 1. The lowest BCUT2D eigenvalue weighted by atomic mass is 10.2. The van der Waals surface area contributed by atoms with Crippen LogP contribution in [-0.2, 0) is 4.79 Å². The van der Waals surface area contributed by atoms with E-state index in [-0.39, 0.29) is 0 Å². The van der Waals surface area contributed by atoms with Crippen LogP contribution in [0.15, 0.2) is 24.3 Å². The van der Waals surface area contributed by atoms with Gasteiger partial charge in [-0.05, 0) is 24.6 Å². The third-order valence-corrected chi connectivity index (χ3v) is 1.30. The molecule has 0 aliphatic heterocycles. The second-order valence-electron chi connectivity index (χ2n) is 2.69. The van der Waals surface area contributed by atoms with E-state index < -0.39 is 17.6 Å². The van der Waals surface area contributed by atoms with Gasteiger partial charge >= 0.3 is 0 Å². The van der Waals surface area contributed by atoms with Crippen LogP contribution in [-0.4, -0.2) is 11.1 Å². The van der Waals surface area contributed by atoms with E-state index in [9.17, 15) is 8.78 Å². The highest BCUT2D eigenvalue weighted by molar-refractivity contribution is 5.62. The molecule has 0 saturated heterocycles. The van der Waals surface area contributed by atoms with Crippen LogP contribution in [0.25, 0.3) is 6.08 Å². The molecule has 0 aliphatic rings. The van der Waals surface area contributed by atoms with Gasteiger partial charge in [-0.1, -0.05) is 18.2 Å². The van der Waals surface area contributed by atoms with Crippen LogP contribution in [0, 0.1) is 11.6 Å². The van der Waals surface area contributed by atoms with Crippen LogP contribution in [0.2, 0.25) is 0 Å². The summed E-state index contributed by atoms with van der Waals surface area (Å²) in [7, 11) is 0. The SMILES string of the molecule is C/C=C/c1ccc(F)c(F)c1.CC(=O)O. The van der Waals surface area contributed by atoms with Gasteiger partial charge in [0.25, 0.3) is 5.97 Å². The molecule has 15 heavy (non-hydrogen) atoms. The van der Waals surface area contributed by atoms with E-state index >= 15 is 0 Å². The topological polar surface area (TPSA) is 37.3 Å². The van der Waals surface area contributed by atoms with Crippen molar-refractivity contribution in [2.45, 2.75) is 13.8 Å². The van der Waals surface area contributed by atoms with Crippen molar-refractivity contribution in [2.24, 2.45) is 0 Å². The number of carboxylic acid groups (broad SMARTS) is 1. The quantitative estimate of drug-likeness (QED) is 0.779. The molecular weight excluding hydrogens is 202 g/mol. The molecule has 1 N–H and O–H groups in total. The van der Waals surface area contributed by atoms with Gasteiger partial charge in [0.05, 0.1) is 0 Å². The fraction of sp³-hybridized carbons (Fsp3) is 0.182. The minimum absolute atomic E-state index is 0.673. The van der Waals surface area contributed by atoms with E-state index in [2.05, 4.69) is 0 Å². The predicted octanol–water partition coefficient (Wildman–Crippen LogP) is 3.09. The standard InChI is InChI=1S/C9H8F2.C2H4O2/c1-2-3-7-4-5-8(10)9(11)6-7;1-2(3)4/h2-6H,1H3;1H3,(H,3,4)/b3-2+;. The number of carboxylic acids is 1. The lowest BCUT2D eigenvalue weighted by molar-refractivity contribution is -0.134. The average molecular weight is 214 g/mol. The number of aliphatic carboxylic acids is 1. The Hall–Kier alpha value is -1.71. The lowest BCUT2D eigenvalue weighted by Crippen LogP contribution is -1.83. The molecule has 0 saturated carbocycles. The Morgan fingerprint density at radius 3 is 2.27 bits per heavy atom. The Kier molecular flexibility index (Phi) is 5.94. The summed E-state index contributed by atoms with van der Waals surface area (Å²) in [5.74, 6) is -2.45. The van der Waals surface area contributed by atoms with E-state index in [1.54, 1.807) is 12.2 Å². The maximum Gasteiger partial charge on any atom is 0.300 e. The molecule has 4 heteroatoms. The van der Waals surface area contributed by atoms with Gasteiger partial charge in [0.1, 0.15) is 0 Å². The molecule has 0 aromatic heterocycles. The number of rotatable bonds is 1. The van der Waals surface area contributed by atoms with Crippen molar-refractivity contribution in [1.82, 2.24) is 0 Å². The highest BCUT2D eigenvalue weighted by Gasteiger charge is 1.98. The molecule has 1 aromatic rings. The third-order valence-electron chi connectivity index (χ3n) is 1.30. The molecule has 0 unspecified atom stereocenters. The monoisotopic (exact) mass is 214 g/mol. The van der Waals surface area contributed by atoms with Crippen LogP contribution in [0.5, 0.6) is 0 Å². The highest BCUT2D eigenvalue weighted by Crippen LogP contribution is 2.09. The first kappa shape index (κ1) is 13.3. The molecule has 0 heterocycles. The van der Waals surface area contributed by atoms with Gasteiger partial charge in [-0.2, -0.15) is 0 Å². The van der Waals surface area contributed by atoms with Gasteiger partial charge in [-0.15, -0.1) is 0 Å². The highest BCUT2D eigenvalue weighted by atomic mass is 19.2. The Balaban J connectivity index is 0.000000423. The van der Waals surface area contributed by atoms with E-state index in [0.29, 0.717) is 5.56 Å². The lowest BCUT2D eigenvalue weighted by Gasteiger charge is -1.93. The fourth-order valence-electron chi connectivity index (χ4n) is 0.809. The van der Waals surface area contributed by atoms with Crippen molar-refractivity contribution in [1.29, 1.82) is 0 Å². The van der Waals surface area contributed by atoms with Crippen molar-refractivity contribution < 1.29 is 18.7 Å². The summed E-state index contributed by atoms with van der Waals surface area (Å²) < 4.78 is 24.8. The molecule has 0 aliphatic carbocycles. The summed E-state index contributed by atoms with van der Waals surface area (Å²) in [6, 6.07) is 3.80. The van der Waals surface area contributed by atoms with E-state index in [0.717, 1.165) is 19.1 Å². The van der Waals surface area contributed by atoms with Crippen LogP contribution < -0.4 is 0 Å². The second-order valence-corrected chi connectivity index (χ2v) is 2.69. The number of halogens is 2. The second kappa shape index (κ2) is 6.70. The van der Waals surface area contributed by atoms with E-state index in [1.807, 2.05) is 6.92 Å². The molecule has 1 aromatic carbocycles. The molecule has 82 valence electrons. The molecule has 1 rings (SSSR count). The number of benzene rings is 1. The maximum atomic E-state index is 12.5. The molecule has 0 fully saturated rings. The van der Waals surface area contributed by atoms with Crippen LogP contribution in [0.1, 0.15) is 19.4 Å². The van der Waals surface area contributed by atoms with E-state index in [4.69, 9.17) is 9.90 Å². The van der Waals surface area contributed by atoms with E-state index in [1.165, 1.54) is 6.07 Å². The van der Waals surface area contributed by atoms with Gasteiger partial charge in [0, 0.05) is 6.92 Å². The fourth-order valence-corrected chi connectivity index (χ4v) is 0.809. The third kappa shape index (κ3) is 6.37. The summed E-state index contributed by atoms with van der Waals surface area (Å²) in [4.78, 5) is 9.00. The van der Waals surface area contributed by atoms with Gasteiger partial charge in [-0.25, -0.2) is 8.78 Å². The summed E-state index contributed by atoms with van der Waals surface area (Å²) in [5.41, 5.74) is 0.673. The smallest absolute Gasteiger partial charge is 0.300 e. The zero-order valence-corrected chi connectivity index (χ0v) is 8.50. The Bertz CT molecular complexity index is 356. The summed E-state index contributed by atoms with van der Waals surface area (Å²) >= 11 is 0. The van der Waals surface area contributed by atoms with Crippen LogP contribution >= 0.6 is 0 Å². The molecular formula is C11H12F2O2. The largest absolute Gasteiger partial charge is 0.481 e. The molecule has 0 atom stereocenters. The summed E-state index contributed by atoms with van der Waals surface area (Å²) in [5, 5.41) is 7.42. The Morgan fingerprint density at radius 1 is 1.33 bits per heavy atom. The zero-order chi connectivity index (χ0) is 11.8. The van der Waals surface area contributed by atoms with Crippen LogP contribution in [0.3, 0.4) is 0 Å². The molecule has 0 radical (unpaired) electrons. The van der Waals surface area contributed by atoms with Crippen LogP contribution in [0.4, 0.5) is 8.78 Å². The van der Waals surface area contributed by atoms with Crippen molar-refractivity contribution in [2.75, 3.05) is 0 Å². The Morgan fingerprint density at radius 2 is 1.87 bits per heavy atom. The van der Waals surface area contributed by atoms with Gasteiger partial charge < -0.3 is 5.11 Å². The molecule has 2 nitrogen and oxygen atoms in total. The first-order valence-electron chi connectivity index (χ1n) is 4.24. The number of allylic oxidation sites excluding steroid dienone is 1. The van der Waals surface area contributed by atoms with Crippen molar-refractivity contribution in [3.8, 4) is 0 Å². The zero-order valence-electron chi connectivity index (χ0n) is 8.50. The number of hydrogen-bond acceptors (Lipinski definition) is 1. The van der Waals surface area contributed by atoms with Gasteiger partial charge in [0.2, 0.25) is 0 Å². The van der Waals surface area contributed by atoms with Crippen molar-refractivity contribution >= 4 is 12.0 Å². The first-order valence-corrected chi connectivity index (χ1v) is 4.24.